The lowest BCUT2D eigenvalue weighted by atomic mass is 10.2. The largest absolute Gasteiger partial charge is 0.373 e. The third-order valence-corrected chi connectivity index (χ3v) is 2.99. The number of halogens is 1. The maximum Gasteiger partial charge on any atom is 0.0561 e. The standard InChI is InChI=1S/C13H14BrN3/c1-17(13-8-11(14)9-15-10-13)7-5-12-4-2-3-6-16-12/h2-4,6,8-10H,5,7H2,1H3. The second-order valence-electron chi connectivity index (χ2n) is 3.85. The van der Waals surface area contributed by atoms with Crippen LogP contribution in [0.1, 0.15) is 5.69 Å². The number of hydrogen-bond acceptors (Lipinski definition) is 3. The van der Waals surface area contributed by atoms with Crippen LogP contribution in [0, 0.1) is 0 Å². The highest BCUT2D eigenvalue weighted by atomic mass is 79.9. The van der Waals surface area contributed by atoms with E-state index in [9.17, 15) is 0 Å². The van der Waals surface area contributed by atoms with Gasteiger partial charge < -0.3 is 4.90 Å². The fraction of sp³-hybridized carbons (Fsp3) is 0.231. The fourth-order valence-electron chi connectivity index (χ4n) is 1.57. The summed E-state index contributed by atoms with van der Waals surface area (Å²) in [4.78, 5) is 10.6. The van der Waals surface area contributed by atoms with E-state index in [-0.39, 0.29) is 0 Å². The van der Waals surface area contributed by atoms with Crippen LogP contribution in [0.5, 0.6) is 0 Å². The van der Waals surface area contributed by atoms with Gasteiger partial charge in [0.15, 0.2) is 0 Å². The number of anilines is 1. The molecule has 88 valence electrons. The molecule has 4 heteroatoms. The normalized spacial score (nSPS) is 10.2. The summed E-state index contributed by atoms with van der Waals surface area (Å²) in [6.07, 6.45) is 6.42. The van der Waals surface area contributed by atoms with Crippen molar-refractivity contribution < 1.29 is 0 Å². The summed E-state index contributed by atoms with van der Waals surface area (Å²) in [5, 5.41) is 0. The van der Waals surface area contributed by atoms with E-state index in [0.29, 0.717) is 0 Å². The van der Waals surface area contributed by atoms with E-state index < -0.39 is 0 Å². The molecule has 0 spiro atoms. The van der Waals surface area contributed by atoms with Crippen LogP contribution in [-0.4, -0.2) is 23.6 Å². The molecule has 2 heterocycles. The molecule has 0 fully saturated rings. The van der Waals surface area contributed by atoms with Gasteiger partial charge in [0.2, 0.25) is 0 Å². The number of hydrogen-bond donors (Lipinski definition) is 0. The van der Waals surface area contributed by atoms with Gasteiger partial charge in [-0.3, -0.25) is 9.97 Å². The number of nitrogens with zero attached hydrogens (tertiary/aromatic N) is 3. The molecule has 2 aromatic heterocycles. The van der Waals surface area contributed by atoms with Gasteiger partial charge in [0.1, 0.15) is 0 Å². The van der Waals surface area contributed by atoms with Gasteiger partial charge >= 0.3 is 0 Å². The van der Waals surface area contributed by atoms with Crippen molar-refractivity contribution in [1.82, 2.24) is 9.97 Å². The van der Waals surface area contributed by atoms with Crippen LogP contribution in [0.2, 0.25) is 0 Å². The molecule has 3 nitrogen and oxygen atoms in total. The molecular weight excluding hydrogens is 278 g/mol. The lowest BCUT2D eigenvalue weighted by Crippen LogP contribution is -2.20. The number of rotatable bonds is 4. The first-order chi connectivity index (χ1) is 8.25. The lowest BCUT2D eigenvalue weighted by molar-refractivity contribution is 0.850. The predicted octanol–water partition coefficient (Wildman–Crippen LogP) is 2.92. The molecule has 0 radical (unpaired) electrons. The topological polar surface area (TPSA) is 29.0 Å². The minimum atomic E-state index is 0.926. The molecule has 0 aromatic carbocycles. The molecule has 0 saturated carbocycles. The van der Waals surface area contributed by atoms with Gasteiger partial charge in [0.25, 0.3) is 0 Å². The Morgan fingerprint density at radius 3 is 2.88 bits per heavy atom. The zero-order valence-corrected chi connectivity index (χ0v) is 11.3. The molecule has 0 saturated heterocycles. The van der Waals surface area contributed by atoms with Crippen molar-refractivity contribution in [2.24, 2.45) is 0 Å². The van der Waals surface area contributed by atoms with E-state index in [1.165, 1.54) is 0 Å². The van der Waals surface area contributed by atoms with Crippen molar-refractivity contribution in [2.75, 3.05) is 18.5 Å². The third-order valence-electron chi connectivity index (χ3n) is 2.56. The monoisotopic (exact) mass is 291 g/mol. The van der Waals surface area contributed by atoms with E-state index >= 15 is 0 Å². The highest BCUT2D eigenvalue weighted by Crippen LogP contribution is 2.17. The Morgan fingerprint density at radius 1 is 1.29 bits per heavy atom. The molecule has 0 aliphatic carbocycles. The molecule has 0 N–H and O–H groups in total. The fourth-order valence-corrected chi connectivity index (χ4v) is 1.92. The average Bonchev–Trinajstić information content (AvgIpc) is 2.37. The van der Waals surface area contributed by atoms with Crippen LogP contribution in [0.3, 0.4) is 0 Å². The highest BCUT2D eigenvalue weighted by molar-refractivity contribution is 9.10. The van der Waals surface area contributed by atoms with Crippen molar-refractivity contribution in [2.45, 2.75) is 6.42 Å². The van der Waals surface area contributed by atoms with Crippen LogP contribution in [0.4, 0.5) is 5.69 Å². The molecule has 0 aliphatic heterocycles. The van der Waals surface area contributed by atoms with E-state index in [2.05, 4.69) is 43.9 Å². The quantitative estimate of drug-likeness (QED) is 0.867. The van der Waals surface area contributed by atoms with Crippen molar-refractivity contribution in [3.8, 4) is 0 Å². The molecule has 0 aliphatic rings. The zero-order chi connectivity index (χ0) is 12.1. The van der Waals surface area contributed by atoms with Crippen LogP contribution in [0.15, 0.2) is 47.3 Å². The predicted molar refractivity (Wildman–Crippen MR) is 73.1 cm³/mol. The third kappa shape index (κ3) is 3.53. The molecule has 0 atom stereocenters. The van der Waals surface area contributed by atoms with Gasteiger partial charge in [-0.05, 0) is 34.1 Å². The minimum absolute atomic E-state index is 0.926. The number of aromatic nitrogens is 2. The first-order valence-electron chi connectivity index (χ1n) is 5.47. The van der Waals surface area contributed by atoms with E-state index in [1.807, 2.05) is 30.6 Å². The Hall–Kier alpha value is -1.42. The van der Waals surface area contributed by atoms with Crippen LogP contribution in [-0.2, 0) is 6.42 Å². The van der Waals surface area contributed by atoms with Crippen LogP contribution in [0.25, 0.3) is 0 Å². The Balaban J connectivity index is 1.96. The minimum Gasteiger partial charge on any atom is -0.373 e. The summed E-state index contributed by atoms with van der Waals surface area (Å²) in [7, 11) is 2.06. The number of likely N-dealkylation sites (N-methyl/N-ethyl adjacent to an activating group) is 1. The molecular formula is C13H14BrN3. The van der Waals surface area contributed by atoms with Crippen LogP contribution >= 0.6 is 15.9 Å². The summed E-state index contributed by atoms with van der Waals surface area (Å²) >= 11 is 3.42. The summed E-state index contributed by atoms with van der Waals surface area (Å²) < 4.78 is 1.000. The maximum absolute atomic E-state index is 4.31. The first-order valence-corrected chi connectivity index (χ1v) is 6.26. The Labute approximate surface area is 110 Å². The van der Waals surface area contributed by atoms with Crippen molar-refractivity contribution in [1.29, 1.82) is 0 Å². The first kappa shape index (κ1) is 12.0. The summed E-state index contributed by atoms with van der Waals surface area (Å²) in [5.41, 5.74) is 2.22. The molecule has 0 bridgehead atoms. The van der Waals surface area contributed by atoms with Gasteiger partial charge in [0, 0.05) is 42.6 Å². The highest BCUT2D eigenvalue weighted by Gasteiger charge is 2.02. The summed E-state index contributed by atoms with van der Waals surface area (Å²) in [6.45, 7) is 0.926. The second-order valence-corrected chi connectivity index (χ2v) is 4.77. The van der Waals surface area contributed by atoms with Gasteiger partial charge in [-0.1, -0.05) is 6.07 Å². The molecule has 0 unspecified atom stereocenters. The molecule has 2 rings (SSSR count). The molecule has 2 aromatic rings. The van der Waals surface area contributed by atoms with Gasteiger partial charge in [-0.2, -0.15) is 0 Å². The van der Waals surface area contributed by atoms with Crippen LogP contribution < -0.4 is 4.90 Å². The van der Waals surface area contributed by atoms with Gasteiger partial charge in [-0.25, -0.2) is 0 Å². The van der Waals surface area contributed by atoms with Gasteiger partial charge in [-0.15, -0.1) is 0 Å². The molecule has 0 amide bonds. The average molecular weight is 292 g/mol. The van der Waals surface area contributed by atoms with Crippen molar-refractivity contribution >= 4 is 21.6 Å². The van der Waals surface area contributed by atoms with E-state index in [0.717, 1.165) is 28.8 Å². The maximum atomic E-state index is 4.31. The van der Waals surface area contributed by atoms with E-state index in [1.54, 1.807) is 6.20 Å². The Kier molecular flexibility index (Phi) is 4.09. The smallest absolute Gasteiger partial charge is 0.0561 e. The number of pyridine rings is 2. The summed E-state index contributed by atoms with van der Waals surface area (Å²) in [6, 6.07) is 8.06. The van der Waals surface area contributed by atoms with Gasteiger partial charge in [0.05, 0.1) is 11.9 Å². The van der Waals surface area contributed by atoms with Crippen molar-refractivity contribution in [3.05, 3.63) is 53.0 Å². The van der Waals surface area contributed by atoms with Crippen molar-refractivity contribution in [3.63, 3.8) is 0 Å². The molecule has 17 heavy (non-hydrogen) atoms. The second kappa shape index (κ2) is 5.77. The Bertz CT molecular complexity index is 473. The Morgan fingerprint density at radius 2 is 2.18 bits per heavy atom. The van der Waals surface area contributed by atoms with E-state index in [4.69, 9.17) is 0 Å². The lowest BCUT2D eigenvalue weighted by Gasteiger charge is -2.18. The zero-order valence-electron chi connectivity index (χ0n) is 9.68. The summed E-state index contributed by atoms with van der Waals surface area (Å²) in [5.74, 6) is 0. The SMILES string of the molecule is CN(CCc1ccccn1)c1cncc(Br)c1.